The second kappa shape index (κ2) is 6.14. The normalized spacial score (nSPS) is 10.3. The number of nitrogens with zero attached hydrogens (tertiary/aromatic N) is 1. The fourth-order valence-electron chi connectivity index (χ4n) is 1.64. The summed E-state index contributed by atoms with van der Waals surface area (Å²) in [4.78, 5) is 4.18. The summed E-state index contributed by atoms with van der Waals surface area (Å²) in [5.41, 5.74) is 7.43. The van der Waals surface area contributed by atoms with Crippen LogP contribution in [0.5, 0.6) is 11.6 Å². The van der Waals surface area contributed by atoms with E-state index >= 15 is 0 Å². The van der Waals surface area contributed by atoms with Gasteiger partial charge in [0.1, 0.15) is 5.75 Å². The number of rotatable bonds is 5. The Morgan fingerprint density at radius 2 is 2.00 bits per heavy atom. The first-order chi connectivity index (χ1) is 8.83. The number of ether oxygens (including phenoxy) is 1. The third-order valence-electron chi connectivity index (χ3n) is 2.60. The molecule has 18 heavy (non-hydrogen) atoms. The van der Waals surface area contributed by atoms with Crippen molar-refractivity contribution < 1.29 is 9.84 Å². The fraction of sp³-hybridized carbons (Fsp3) is 0.214. The molecule has 0 aliphatic heterocycles. The Morgan fingerprint density at radius 1 is 1.17 bits per heavy atom. The first-order valence-electron chi connectivity index (χ1n) is 5.85. The van der Waals surface area contributed by atoms with Gasteiger partial charge in [0.2, 0.25) is 5.88 Å². The lowest BCUT2D eigenvalue weighted by molar-refractivity contribution is 0.297. The highest BCUT2D eigenvalue weighted by Gasteiger charge is 2.04. The monoisotopic (exact) mass is 244 g/mol. The molecule has 0 aliphatic carbocycles. The highest BCUT2D eigenvalue weighted by molar-refractivity contribution is 5.36. The van der Waals surface area contributed by atoms with Gasteiger partial charge in [-0.05, 0) is 23.6 Å². The summed E-state index contributed by atoms with van der Waals surface area (Å²) >= 11 is 0. The molecule has 2 rings (SSSR count). The Kier molecular flexibility index (Phi) is 4.28. The maximum absolute atomic E-state index is 8.99. The van der Waals surface area contributed by atoms with Crippen LogP contribution in [0.2, 0.25) is 0 Å². The molecule has 1 aromatic heterocycles. The number of benzene rings is 1. The number of hydrogen-bond acceptors (Lipinski definition) is 4. The first kappa shape index (κ1) is 12.5. The Labute approximate surface area is 106 Å². The number of aliphatic hydroxyl groups is 1. The van der Waals surface area contributed by atoms with E-state index in [2.05, 4.69) is 4.98 Å². The number of aliphatic hydroxyl groups excluding tert-OH is 1. The van der Waals surface area contributed by atoms with Gasteiger partial charge in [-0.1, -0.05) is 24.3 Å². The summed E-state index contributed by atoms with van der Waals surface area (Å²) in [5.74, 6) is 1.25. The number of pyridine rings is 1. The number of para-hydroxylation sites is 1. The van der Waals surface area contributed by atoms with E-state index in [-0.39, 0.29) is 6.61 Å². The van der Waals surface area contributed by atoms with Crippen LogP contribution < -0.4 is 10.5 Å². The van der Waals surface area contributed by atoms with Crippen molar-refractivity contribution in [2.45, 2.75) is 13.0 Å². The standard InChI is InChI=1S/C14H16N2O2/c15-9-11-5-6-14(16-10-11)18-13-4-2-1-3-12(13)7-8-17/h1-6,10,17H,7-9,15H2. The third kappa shape index (κ3) is 3.06. The van der Waals surface area contributed by atoms with E-state index in [0.29, 0.717) is 18.8 Å². The average molecular weight is 244 g/mol. The molecule has 4 nitrogen and oxygen atoms in total. The van der Waals surface area contributed by atoms with Crippen LogP contribution in [-0.4, -0.2) is 16.7 Å². The van der Waals surface area contributed by atoms with Gasteiger partial charge >= 0.3 is 0 Å². The van der Waals surface area contributed by atoms with Gasteiger partial charge in [0, 0.05) is 25.4 Å². The molecule has 2 aromatic rings. The molecule has 0 unspecified atom stereocenters. The minimum Gasteiger partial charge on any atom is -0.439 e. The van der Waals surface area contributed by atoms with Crippen molar-refractivity contribution in [3.8, 4) is 11.6 Å². The van der Waals surface area contributed by atoms with Gasteiger partial charge in [0.05, 0.1) is 0 Å². The molecule has 0 aliphatic rings. The molecule has 0 amide bonds. The van der Waals surface area contributed by atoms with E-state index in [9.17, 15) is 0 Å². The first-order valence-corrected chi connectivity index (χ1v) is 5.85. The van der Waals surface area contributed by atoms with Crippen LogP contribution >= 0.6 is 0 Å². The smallest absolute Gasteiger partial charge is 0.219 e. The minimum absolute atomic E-state index is 0.0971. The number of aromatic nitrogens is 1. The lowest BCUT2D eigenvalue weighted by atomic mass is 10.1. The topological polar surface area (TPSA) is 68.4 Å². The van der Waals surface area contributed by atoms with Gasteiger partial charge in [0.15, 0.2) is 0 Å². The van der Waals surface area contributed by atoms with Gasteiger partial charge in [-0.25, -0.2) is 4.98 Å². The van der Waals surface area contributed by atoms with Crippen LogP contribution in [-0.2, 0) is 13.0 Å². The van der Waals surface area contributed by atoms with Crippen molar-refractivity contribution in [2.24, 2.45) is 5.73 Å². The minimum atomic E-state index is 0.0971. The zero-order valence-corrected chi connectivity index (χ0v) is 10.0. The van der Waals surface area contributed by atoms with Crippen molar-refractivity contribution in [2.75, 3.05) is 6.61 Å². The van der Waals surface area contributed by atoms with Gasteiger partial charge in [0.25, 0.3) is 0 Å². The van der Waals surface area contributed by atoms with Crippen LogP contribution in [0.4, 0.5) is 0 Å². The molecular formula is C14H16N2O2. The molecule has 1 aromatic carbocycles. The highest BCUT2D eigenvalue weighted by atomic mass is 16.5. The van der Waals surface area contributed by atoms with Gasteiger partial charge < -0.3 is 15.6 Å². The van der Waals surface area contributed by atoms with Crippen molar-refractivity contribution in [1.82, 2.24) is 4.98 Å². The van der Waals surface area contributed by atoms with Gasteiger partial charge in [-0.15, -0.1) is 0 Å². The molecule has 0 saturated carbocycles. The van der Waals surface area contributed by atoms with Crippen LogP contribution in [0.15, 0.2) is 42.6 Å². The maximum Gasteiger partial charge on any atom is 0.219 e. The lowest BCUT2D eigenvalue weighted by Gasteiger charge is -2.09. The predicted octanol–water partition coefficient (Wildman–Crippen LogP) is 1.87. The molecular weight excluding hydrogens is 228 g/mol. The van der Waals surface area contributed by atoms with Crippen LogP contribution in [0.3, 0.4) is 0 Å². The molecule has 0 saturated heterocycles. The molecule has 1 heterocycles. The van der Waals surface area contributed by atoms with Crippen molar-refractivity contribution in [1.29, 1.82) is 0 Å². The Morgan fingerprint density at radius 3 is 2.67 bits per heavy atom. The highest BCUT2D eigenvalue weighted by Crippen LogP contribution is 2.24. The largest absolute Gasteiger partial charge is 0.439 e. The maximum atomic E-state index is 8.99. The fourth-order valence-corrected chi connectivity index (χ4v) is 1.64. The van der Waals surface area contributed by atoms with Crippen molar-refractivity contribution >= 4 is 0 Å². The average Bonchev–Trinajstić information content (AvgIpc) is 2.42. The summed E-state index contributed by atoms with van der Waals surface area (Å²) in [6.45, 7) is 0.564. The summed E-state index contributed by atoms with van der Waals surface area (Å²) in [6.07, 6.45) is 2.26. The number of nitrogens with two attached hydrogens (primary N) is 1. The molecule has 3 N–H and O–H groups in total. The van der Waals surface area contributed by atoms with Crippen molar-refractivity contribution in [3.63, 3.8) is 0 Å². The quantitative estimate of drug-likeness (QED) is 0.842. The summed E-state index contributed by atoms with van der Waals surface area (Å²) in [7, 11) is 0. The van der Waals surface area contributed by atoms with Crippen molar-refractivity contribution in [3.05, 3.63) is 53.7 Å². The predicted molar refractivity (Wildman–Crippen MR) is 69.4 cm³/mol. The van der Waals surface area contributed by atoms with E-state index in [1.54, 1.807) is 12.3 Å². The zero-order chi connectivity index (χ0) is 12.8. The number of hydrogen-bond donors (Lipinski definition) is 2. The third-order valence-corrected chi connectivity index (χ3v) is 2.60. The molecule has 0 fully saturated rings. The van der Waals surface area contributed by atoms with E-state index in [1.165, 1.54) is 0 Å². The molecule has 0 atom stereocenters. The second-order valence-electron chi connectivity index (χ2n) is 3.89. The van der Waals surface area contributed by atoms with E-state index in [0.717, 1.165) is 16.9 Å². The summed E-state index contributed by atoms with van der Waals surface area (Å²) < 4.78 is 5.70. The van der Waals surface area contributed by atoms with Crippen LogP contribution in [0, 0.1) is 0 Å². The second-order valence-corrected chi connectivity index (χ2v) is 3.89. The van der Waals surface area contributed by atoms with E-state index in [1.807, 2.05) is 30.3 Å². The Bertz CT molecular complexity index is 497. The summed E-state index contributed by atoms with van der Waals surface area (Å²) in [5, 5.41) is 8.99. The zero-order valence-electron chi connectivity index (χ0n) is 10.0. The molecule has 0 bridgehead atoms. The van der Waals surface area contributed by atoms with Crippen LogP contribution in [0.1, 0.15) is 11.1 Å². The molecule has 0 radical (unpaired) electrons. The van der Waals surface area contributed by atoms with E-state index < -0.39 is 0 Å². The molecule has 4 heteroatoms. The summed E-state index contributed by atoms with van der Waals surface area (Å²) in [6, 6.07) is 11.3. The van der Waals surface area contributed by atoms with Gasteiger partial charge in [-0.3, -0.25) is 0 Å². The van der Waals surface area contributed by atoms with Gasteiger partial charge in [-0.2, -0.15) is 0 Å². The molecule has 94 valence electrons. The lowest BCUT2D eigenvalue weighted by Crippen LogP contribution is -1.98. The Hall–Kier alpha value is -1.91. The van der Waals surface area contributed by atoms with Crippen LogP contribution in [0.25, 0.3) is 0 Å². The molecule has 0 spiro atoms. The SMILES string of the molecule is NCc1ccc(Oc2ccccc2CCO)nc1. The Balaban J connectivity index is 2.17. The van der Waals surface area contributed by atoms with E-state index in [4.69, 9.17) is 15.6 Å².